The predicted molar refractivity (Wildman–Crippen MR) is 150 cm³/mol. The Morgan fingerprint density at radius 1 is 0.953 bits per heavy atom. The molecule has 3 aromatic carbocycles. The quantitative estimate of drug-likeness (QED) is 0.243. The van der Waals surface area contributed by atoms with Gasteiger partial charge in [-0.15, -0.1) is 0 Å². The molecule has 0 bridgehead atoms. The van der Waals surface area contributed by atoms with E-state index in [1.807, 2.05) is 0 Å². The lowest BCUT2D eigenvalue weighted by Gasteiger charge is -2.24. The molecular formula is C27H24F3N3O8S2. The van der Waals surface area contributed by atoms with Crippen molar-refractivity contribution in [2.45, 2.75) is 22.4 Å². The standard InChI is InChI=1S/C27H24F3N3O8S2/c1-40-18-8-10-19(11-9-18)43(38,39)33(16-25(34)35)26-21-6-4-3-5-20(21)24(15-31-26)42(36,37)32-22-12-7-17(13-23(22)41-2)14-27(28,29)30/h3-13,15,32H,14,16H2,1-2H3,(H,34,35). The number of methoxy groups -OCH3 is 2. The van der Waals surface area contributed by atoms with Gasteiger partial charge in [0.05, 0.1) is 37.4 Å². The second kappa shape index (κ2) is 12.0. The Hall–Kier alpha value is -4.57. The fourth-order valence-electron chi connectivity index (χ4n) is 4.20. The zero-order valence-electron chi connectivity index (χ0n) is 22.5. The number of alkyl halides is 3. The van der Waals surface area contributed by atoms with Crippen LogP contribution in [0.2, 0.25) is 0 Å². The summed E-state index contributed by atoms with van der Waals surface area (Å²) in [6.07, 6.45) is -4.88. The topological polar surface area (TPSA) is 152 Å². The minimum atomic E-state index is -4.52. The van der Waals surface area contributed by atoms with Crippen molar-refractivity contribution in [3.63, 3.8) is 0 Å². The first kappa shape index (κ1) is 31.4. The Labute approximate surface area is 244 Å². The molecule has 0 aliphatic heterocycles. The summed E-state index contributed by atoms with van der Waals surface area (Å²) in [5.41, 5.74) is -0.309. The molecule has 0 radical (unpaired) electrons. The van der Waals surface area contributed by atoms with Crippen molar-refractivity contribution in [2.24, 2.45) is 0 Å². The molecule has 0 unspecified atom stereocenters. The molecule has 0 atom stereocenters. The first-order valence-electron chi connectivity index (χ1n) is 12.2. The molecular weight excluding hydrogens is 615 g/mol. The summed E-state index contributed by atoms with van der Waals surface area (Å²) in [4.78, 5) is 15.2. The molecule has 2 N–H and O–H groups in total. The number of nitrogens with zero attached hydrogens (tertiary/aromatic N) is 2. The van der Waals surface area contributed by atoms with E-state index in [0.717, 1.165) is 31.5 Å². The van der Waals surface area contributed by atoms with Crippen molar-refractivity contribution in [1.29, 1.82) is 0 Å². The maximum absolute atomic E-state index is 13.6. The van der Waals surface area contributed by atoms with E-state index in [1.165, 1.54) is 55.6 Å². The van der Waals surface area contributed by atoms with Gasteiger partial charge in [-0.05, 0) is 42.0 Å². The van der Waals surface area contributed by atoms with Gasteiger partial charge in [-0.25, -0.2) is 26.1 Å². The van der Waals surface area contributed by atoms with E-state index < -0.39 is 50.1 Å². The fourth-order valence-corrected chi connectivity index (χ4v) is 6.81. The number of pyridine rings is 1. The minimum absolute atomic E-state index is 0.00352. The molecule has 0 saturated heterocycles. The lowest BCUT2D eigenvalue weighted by molar-refractivity contribution is -0.135. The summed E-state index contributed by atoms with van der Waals surface area (Å²) in [5.74, 6) is -1.65. The van der Waals surface area contributed by atoms with Crippen molar-refractivity contribution >= 4 is 48.3 Å². The maximum atomic E-state index is 13.6. The van der Waals surface area contributed by atoms with Gasteiger partial charge in [0, 0.05) is 10.8 Å². The van der Waals surface area contributed by atoms with Gasteiger partial charge in [-0.3, -0.25) is 9.52 Å². The third-order valence-electron chi connectivity index (χ3n) is 6.10. The molecule has 16 heteroatoms. The van der Waals surface area contributed by atoms with Crippen LogP contribution in [-0.4, -0.2) is 59.8 Å². The highest BCUT2D eigenvalue weighted by Crippen LogP contribution is 2.35. The van der Waals surface area contributed by atoms with Gasteiger partial charge in [-0.1, -0.05) is 30.3 Å². The molecule has 4 rings (SSSR count). The van der Waals surface area contributed by atoms with Gasteiger partial charge in [0.25, 0.3) is 20.0 Å². The lowest BCUT2D eigenvalue weighted by atomic mass is 10.1. The average Bonchev–Trinajstić information content (AvgIpc) is 2.95. The zero-order valence-corrected chi connectivity index (χ0v) is 24.1. The number of sulfonamides is 2. The predicted octanol–water partition coefficient (Wildman–Crippen LogP) is 4.44. The van der Waals surface area contributed by atoms with Crippen LogP contribution < -0.4 is 18.5 Å². The van der Waals surface area contributed by atoms with E-state index in [1.54, 1.807) is 0 Å². The molecule has 0 spiro atoms. The number of benzene rings is 3. The Kier molecular flexibility index (Phi) is 8.73. The third kappa shape index (κ3) is 6.91. The smallest absolute Gasteiger partial charge is 0.393 e. The molecule has 1 aromatic heterocycles. The lowest BCUT2D eigenvalue weighted by Crippen LogP contribution is -2.36. The Morgan fingerprint density at radius 2 is 1.60 bits per heavy atom. The molecule has 228 valence electrons. The summed E-state index contributed by atoms with van der Waals surface area (Å²) >= 11 is 0. The molecule has 0 fully saturated rings. The maximum Gasteiger partial charge on any atom is 0.393 e. The largest absolute Gasteiger partial charge is 0.497 e. The van der Waals surface area contributed by atoms with Crippen LogP contribution in [0.25, 0.3) is 10.8 Å². The Balaban J connectivity index is 1.80. The first-order valence-corrected chi connectivity index (χ1v) is 15.1. The average molecular weight is 640 g/mol. The number of hydrogen-bond acceptors (Lipinski definition) is 8. The first-order chi connectivity index (χ1) is 20.2. The third-order valence-corrected chi connectivity index (χ3v) is 9.25. The van der Waals surface area contributed by atoms with Crippen molar-refractivity contribution in [1.82, 2.24) is 4.98 Å². The van der Waals surface area contributed by atoms with Crippen LogP contribution in [0.3, 0.4) is 0 Å². The molecule has 0 aliphatic carbocycles. The number of rotatable bonds is 11. The summed E-state index contributed by atoms with van der Waals surface area (Å²) in [6, 6.07) is 14.2. The fraction of sp³-hybridized carbons (Fsp3) is 0.185. The SMILES string of the molecule is COc1ccc(S(=O)(=O)N(CC(=O)O)c2ncc(S(=O)(=O)Nc3ccc(CC(F)(F)F)cc3OC)c3ccccc23)cc1. The summed E-state index contributed by atoms with van der Waals surface area (Å²) in [7, 11) is -6.46. The summed E-state index contributed by atoms with van der Waals surface area (Å²) < 4.78 is 106. The second-order valence-corrected chi connectivity index (χ2v) is 12.5. The van der Waals surface area contributed by atoms with Gasteiger partial charge in [0.1, 0.15) is 22.9 Å². The van der Waals surface area contributed by atoms with Crippen LogP contribution in [0.1, 0.15) is 5.56 Å². The van der Waals surface area contributed by atoms with Gasteiger partial charge in [-0.2, -0.15) is 13.2 Å². The zero-order chi connectivity index (χ0) is 31.6. The van der Waals surface area contributed by atoms with Crippen LogP contribution in [0.15, 0.2) is 82.7 Å². The highest BCUT2D eigenvalue weighted by atomic mass is 32.2. The van der Waals surface area contributed by atoms with Gasteiger partial charge in [0.15, 0.2) is 5.82 Å². The van der Waals surface area contributed by atoms with Gasteiger partial charge >= 0.3 is 12.1 Å². The number of carbonyl (C=O) groups is 1. The second-order valence-electron chi connectivity index (χ2n) is 9.00. The number of ether oxygens (including phenoxy) is 2. The molecule has 0 aliphatic rings. The van der Waals surface area contributed by atoms with E-state index in [2.05, 4.69) is 9.71 Å². The van der Waals surface area contributed by atoms with E-state index in [9.17, 15) is 39.9 Å². The van der Waals surface area contributed by atoms with E-state index in [-0.39, 0.29) is 38.5 Å². The molecule has 0 saturated carbocycles. The van der Waals surface area contributed by atoms with Gasteiger partial charge in [0.2, 0.25) is 0 Å². The van der Waals surface area contributed by atoms with Crippen molar-refractivity contribution < 1.29 is 49.4 Å². The number of aliphatic carboxylic acids is 1. The minimum Gasteiger partial charge on any atom is -0.497 e. The van der Waals surface area contributed by atoms with Crippen LogP contribution in [0.5, 0.6) is 11.5 Å². The number of aromatic nitrogens is 1. The van der Waals surface area contributed by atoms with Crippen molar-refractivity contribution in [3.8, 4) is 11.5 Å². The molecule has 1 heterocycles. The summed E-state index contributed by atoms with van der Waals surface area (Å²) in [5, 5.41) is 9.54. The van der Waals surface area contributed by atoms with Crippen LogP contribution in [-0.2, 0) is 31.3 Å². The Bertz CT molecular complexity index is 1880. The summed E-state index contributed by atoms with van der Waals surface area (Å²) in [6.45, 7) is -1.03. The normalized spacial score (nSPS) is 12.1. The number of fused-ring (bicyclic) bond motifs is 1. The van der Waals surface area contributed by atoms with Crippen molar-refractivity contribution in [3.05, 3.63) is 78.5 Å². The number of carboxylic acid groups (broad SMARTS) is 1. The Morgan fingerprint density at radius 3 is 2.19 bits per heavy atom. The van der Waals surface area contributed by atoms with Crippen LogP contribution in [0.4, 0.5) is 24.7 Å². The van der Waals surface area contributed by atoms with Crippen LogP contribution >= 0.6 is 0 Å². The van der Waals surface area contributed by atoms with E-state index in [0.29, 0.717) is 10.1 Å². The number of hydrogen-bond donors (Lipinski definition) is 2. The number of nitrogens with one attached hydrogen (secondary N) is 1. The molecule has 0 amide bonds. The number of halogens is 3. The molecule has 11 nitrogen and oxygen atoms in total. The van der Waals surface area contributed by atoms with Gasteiger partial charge < -0.3 is 14.6 Å². The molecule has 43 heavy (non-hydrogen) atoms. The number of anilines is 2. The highest BCUT2D eigenvalue weighted by Gasteiger charge is 2.32. The highest BCUT2D eigenvalue weighted by molar-refractivity contribution is 7.93. The van der Waals surface area contributed by atoms with Crippen molar-refractivity contribution in [2.75, 3.05) is 29.8 Å². The monoisotopic (exact) mass is 639 g/mol. The van der Waals surface area contributed by atoms with Crippen LogP contribution in [0, 0.1) is 0 Å². The molecule has 4 aromatic rings. The van der Waals surface area contributed by atoms with E-state index >= 15 is 0 Å². The van der Waals surface area contributed by atoms with E-state index in [4.69, 9.17) is 9.47 Å². The number of carboxylic acids is 1.